The highest BCUT2D eigenvalue weighted by Gasteiger charge is 2.13. The molecule has 0 spiro atoms. The maximum atomic E-state index is 13.3. The van der Waals surface area contributed by atoms with Crippen molar-refractivity contribution in [2.45, 2.75) is 12.8 Å². The molecule has 1 atom stereocenters. The van der Waals surface area contributed by atoms with Crippen LogP contribution >= 0.6 is 11.6 Å². The van der Waals surface area contributed by atoms with Crippen molar-refractivity contribution in [2.75, 3.05) is 6.54 Å². The van der Waals surface area contributed by atoms with Crippen molar-refractivity contribution in [1.82, 2.24) is 0 Å². The summed E-state index contributed by atoms with van der Waals surface area (Å²) in [5.74, 6) is -0.118. The SMILES string of the molecule is Cc1cc(C(CN)c2ccc(Cl)cc2)ccc1F. The van der Waals surface area contributed by atoms with Gasteiger partial charge in [0.1, 0.15) is 5.82 Å². The van der Waals surface area contributed by atoms with Crippen molar-refractivity contribution in [3.8, 4) is 0 Å². The van der Waals surface area contributed by atoms with Gasteiger partial charge in [-0.25, -0.2) is 4.39 Å². The number of aryl methyl sites for hydroxylation is 1. The first-order chi connectivity index (χ1) is 8.61. The lowest BCUT2D eigenvalue weighted by molar-refractivity contribution is 0.616. The molecule has 0 amide bonds. The van der Waals surface area contributed by atoms with Gasteiger partial charge in [-0.05, 0) is 41.8 Å². The molecule has 2 rings (SSSR count). The Kier molecular flexibility index (Phi) is 4.00. The third-order valence-electron chi connectivity index (χ3n) is 3.09. The molecule has 1 unspecified atom stereocenters. The first kappa shape index (κ1) is 13.1. The van der Waals surface area contributed by atoms with Gasteiger partial charge < -0.3 is 5.73 Å². The number of halogens is 2. The monoisotopic (exact) mass is 263 g/mol. The van der Waals surface area contributed by atoms with Crippen molar-refractivity contribution in [1.29, 1.82) is 0 Å². The number of nitrogens with two attached hydrogens (primary N) is 1. The van der Waals surface area contributed by atoms with Crippen LogP contribution in [0.2, 0.25) is 5.02 Å². The van der Waals surface area contributed by atoms with Gasteiger partial charge in [-0.15, -0.1) is 0 Å². The van der Waals surface area contributed by atoms with E-state index in [4.69, 9.17) is 17.3 Å². The fourth-order valence-corrected chi connectivity index (χ4v) is 2.17. The average Bonchev–Trinajstić information content (AvgIpc) is 2.37. The van der Waals surface area contributed by atoms with Crippen LogP contribution in [0.25, 0.3) is 0 Å². The van der Waals surface area contributed by atoms with Crippen LogP contribution in [-0.2, 0) is 0 Å². The summed E-state index contributed by atoms with van der Waals surface area (Å²) >= 11 is 5.87. The van der Waals surface area contributed by atoms with Crippen molar-refractivity contribution >= 4 is 11.6 Å². The van der Waals surface area contributed by atoms with Crippen LogP contribution in [0, 0.1) is 12.7 Å². The topological polar surface area (TPSA) is 26.0 Å². The van der Waals surface area contributed by atoms with Crippen LogP contribution in [0.15, 0.2) is 42.5 Å². The normalized spacial score (nSPS) is 12.4. The maximum Gasteiger partial charge on any atom is 0.126 e. The first-order valence-corrected chi connectivity index (χ1v) is 6.21. The van der Waals surface area contributed by atoms with E-state index in [9.17, 15) is 4.39 Å². The molecular weight excluding hydrogens is 249 g/mol. The summed E-state index contributed by atoms with van der Waals surface area (Å²) in [6, 6.07) is 12.7. The van der Waals surface area contributed by atoms with Gasteiger partial charge >= 0.3 is 0 Å². The quantitative estimate of drug-likeness (QED) is 0.894. The molecular formula is C15H15ClFN. The van der Waals surface area contributed by atoms with Crippen LogP contribution in [-0.4, -0.2) is 6.54 Å². The van der Waals surface area contributed by atoms with E-state index in [1.807, 2.05) is 30.3 Å². The standard InChI is InChI=1S/C15H15ClFN/c1-10-8-12(4-7-15(10)17)14(9-18)11-2-5-13(16)6-3-11/h2-8,14H,9,18H2,1H3. The highest BCUT2D eigenvalue weighted by atomic mass is 35.5. The Morgan fingerprint density at radius 3 is 2.28 bits per heavy atom. The van der Waals surface area contributed by atoms with Gasteiger partial charge in [0.15, 0.2) is 0 Å². The Labute approximate surface area is 111 Å². The van der Waals surface area contributed by atoms with Crippen molar-refractivity contribution in [3.63, 3.8) is 0 Å². The summed E-state index contributed by atoms with van der Waals surface area (Å²) in [5, 5.41) is 0.699. The summed E-state index contributed by atoms with van der Waals surface area (Å²) in [4.78, 5) is 0. The zero-order chi connectivity index (χ0) is 13.1. The lowest BCUT2D eigenvalue weighted by atomic mass is 9.90. The average molecular weight is 264 g/mol. The second-order valence-electron chi connectivity index (χ2n) is 4.35. The number of rotatable bonds is 3. The zero-order valence-corrected chi connectivity index (χ0v) is 10.9. The number of hydrogen-bond acceptors (Lipinski definition) is 1. The van der Waals surface area contributed by atoms with Crippen LogP contribution in [0.5, 0.6) is 0 Å². The van der Waals surface area contributed by atoms with Gasteiger partial charge in [0.05, 0.1) is 0 Å². The van der Waals surface area contributed by atoms with E-state index in [-0.39, 0.29) is 11.7 Å². The third-order valence-corrected chi connectivity index (χ3v) is 3.34. The largest absolute Gasteiger partial charge is 0.330 e. The Morgan fingerprint density at radius 2 is 1.72 bits per heavy atom. The Balaban J connectivity index is 2.38. The lowest BCUT2D eigenvalue weighted by Crippen LogP contribution is -2.14. The van der Waals surface area contributed by atoms with Crippen molar-refractivity contribution in [2.24, 2.45) is 5.73 Å². The van der Waals surface area contributed by atoms with Crippen LogP contribution in [0.4, 0.5) is 4.39 Å². The minimum absolute atomic E-state index is 0.0709. The molecule has 1 nitrogen and oxygen atoms in total. The summed E-state index contributed by atoms with van der Waals surface area (Å²) in [7, 11) is 0. The molecule has 0 heterocycles. The Bertz CT molecular complexity index is 537. The van der Waals surface area contributed by atoms with Gasteiger partial charge in [0, 0.05) is 17.5 Å². The summed E-state index contributed by atoms with van der Waals surface area (Å²) in [6.07, 6.45) is 0. The maximum absolute atomic E-state index is 13.3. The fraction of sp³-hybridized carbons (Fsp3) is 0.200. The van der Waals surface area contributed by atoms with Gasteiger partial charge in [-0.1, -0.05) is 35.9 Å². The summed E-state index contributed by atoms with van der Waals surface area (Å²) < 4.78 is 13.3. The molecule has 94 valence electrons. The van der Waals surface area contributed by atoms with Crippen LogP contribution in [0.3, 0.4) is 0 Å². The van der Waals surface area contributed by atoms with Crippen LogP contribution in [0.1, 0.15) is 22.6 Å². The van der Waals surface area contributed by atoms with E-state index in [1.165, 1.54) is 6.07 Å². The molecule has 0 aliphatic rings. The van der Waals surface area contributed by atoms with E-state index in [1.54, 1.807) is 13.0 Å². The highest BCUT2D eigenvalue weighted by molar-refractivity contribution is 6.30. The van der Waals surface area contributed by atoms with Gasteiger partial charge in [-0.3, -0.25) is 0 Å². The van der Waals surface area contributed by atoms with Crippen molar-refractivity contribution < 1.29 is 4.39 Å². The number of benzene rings is 2. The van der Waals surface area contributed by atoms with E-state index >= 15 is 0 Å². The molecule has 0 radical (unpaired) electrons. The molecule has 0 bridgehead atoms. The summed E-state index contributed by atoms with van der Waals surface area (Å²) in [6.45, 7) is 2.24. The molecule has 2 aromatic rings. The molecule has 0 aliphatic heterocycles. The van der Waals surface area contributed by atoms with Gasteiger partial charge in [0.2, 0.25) is 0 Å². The second kappa shape index (κ2) is 5.51. The molecule has 2 aromatic carbocycles. The predicted molar refractivity (Wildman–Crippen MR) is 73.5 cm³/mol. The molecule has 0 fully saturated rings. The third kappa shape index (κ3) is 2.71. The predicted octanol–water partition coefficient (Wildman–Crippen LogP) is 3.88. The molecule has 0 aromatic heterocycles. The molecule has 3 heteroatoms. The Hall–Kier alpha value is -1.38. The minimum atomic E-state index is -0.189. The van der Waals surface area contributed by atoms with Crippen LogP contribution < -0.4 is 5.73 Å². The van der Waals surface area contributed by atoms with Gasteiger partial charge in [-0.2, -0.15) is 0 Å². The van der Waals surface area contributed by atoms with E-state index in [0.717, 1.165) is 11.1 Å². The minimum Gasteiger partial charge on any atom is -0.330 e. The van der Waals surface area contributed by atoms with Gasteiger partial charge in [0.25, 0.3) is 0 Å². The zero-order valence-electron chi connectivity index (χ0n) is 10.2. The smallest absolute Gasteiger partial charge is 0.126 e. The first-order valence-electron chi connectivity index (χ1n) is 5.83. The highest BCUT2D eigenvalue weighted by Crippen LogP contribution is 2.26. The summed E-state index contributed by atoms with van der Waals surface area (Å²) in [5.41, 5.74) is 8.59. The Morgan fingerprint density at radius 1 is 1.11 bits per heavy atom. The molecule has 0 saturated heterocycles. The number of hydrogen-bond donors (Lipinski definition) is 1. The lowest BCUT2D eigenvalue weighted by Gasteiger charge is -2.16. The second-order valence-corrected chi connectivity index (χ2v) is 4.78. The molecule has 18 heavy (non-hydrogen) atoms. The van der Waals surface area contributed by atoms with E-state index < -0.39 is 0 Å². The molecule has 0 saturated carbocycles. The fourth-order valence-electron chi connectivity index (χ4n) is 2.04. The van der Waals surface area contributed by atoms with Crippen molar-refractivity contribution in [3.05, 3.63) is 70.0 Å². The van der Waals surface area contributed by atoms with E-state index in [2.05, 4.69) is 0 Å². The molecule has 2 N–H and O–H groups in total. The van der Waals surface area contributed by atoms with E-state index in [0.29, 0.717) is 17.1 Å². The molecule has 0 aliphatic carbocycles.